The van der Waals surface area contributed by atoms with E-state index < -0.39 is 6.03 Å². The number of carbonyl (C=O) groups is 2. The number of nitrogens with zero attached hydrogens (tertiary/aromatic N) is 1. The first-order valence-electron chi connectivity index (χ1n) is 8.63. The summed E-state index contributed by atoms with van der Waals surface area (Å²) >= 11 is 12.1. The molecule has 0 aliphatic rings. The number of likely N-dealkylation sites (N-methyl/N-ethyl adjacent to an activating group) is 1. The van der Waals surface area contributed by atoms with Crippen LogP contribution in [0.3, 0.4) is 0 Å². The van der Waals surface area contributed by atoms with E-state index in [0.717, 1.165) is 11.1 Å². The number of urea groups is 1. The zero-order chi connectivity index (χ0) is 20.8. The van der Waals surface area contributed by atoms with Gasteiger partial charge in [0.05, 0.1) is 11.7 Å². The van der Waals surface area contributed by atoms with Crippen molar-refractivity contribution in [1.82, 2.24) is 10.2 Å². The van der Waals surface area contributed by atoms with E-state index in [2.05, 4.69) is 10.6 Å². The molecule has 2 rings (SSSR count). The average molecular weight is 424 g/mol. The van der Waals surface area contributed by atoms with E-state index in [-0.39, 0.29) is 18.6 Å². The second-order valence-corrected chi connectivity index (χ2v) is 7.41. The van der Waals surface area contributed by atoms with E-state index in [1.807, 2.05) is 19.9 Å². The van der Waals surface area contributed by atoms with Crippen LogP contribution in [0.2, 0.25) is 10.0 Å². The van der Waals surface area contributed by atoms with Crippen LogP contribution in [0.1, 0.15) is 24.1 Å². The van der Waals surface area contributed by atoms with Crippen LogP contribution in [-0.4, -0.2) is 37.5 Å². The van der Waals surface area contributed by atoms with Crippen molar-refractivity contribution in [3.05, 3.63) is 57.6 Å². The maximum atomic E-state index is 12.4. The molecule has 28 heavy (non-hydrogen) atoms. The van der Waals surface area contributed by atoms with Crippen LogP contribution in [0.4, 0.5) is 10.5 Å². The third-order valence-electron chi connectivity index (χ3n) is 4.01. The molecule has 1 atom stereocenters. The average Bonchev–Trinajstić information content (AvgIpc) is 2.61. The van der Waals surface area contributed by atoms with E-state index in [4.69, 9.17) is 27.9 Å². The van der Waals surface area contributed by atoms with Gasteiger partial charge in [-0.3, -0.25) is 4.79 Å². The molecular formula is C20H23Cl2N3O3. The van der Waals surface area contributed by atoms with Gasteiger partial charge >= 0.3 is 6.03 Å². The predicted molar refractivity (Wildman–Crippen MR) is 112 cm³/mol. The molecule has 0 saturated carbocycles. The zero-order valence-electron chi connectivity index (χ0n) is 16.2. The van der Waals surface area contributed by atoms with Gasteiger partial charge in [0.1, 0.15) is 5.75 Å². The summed E-state index contributed by atoms with van der Waals surface area (Å²) in [7, 11) is 3.30. The number of hydrogen-bond acceptors (Lipinski definition) is 3. The van der Waals surface area contributed by atoms with Crippen molar-refractivity contribution in [3.8, 4) is 5.75 Å². The summed E-state index contributed by atoms with van der Waals surface area (Å²) in [5.41, 5.74) is 2.15. The Hall–Kier alpha value is -2.44. The van der Waals surface area contributed by atoms with Crippen LogP contribution in [0.15, 0.2) is 36.4 Å². The Bertz CT molecular complexity index is 872. The molecule has 0 saturated heterocycles. The van der Waals surface area contributed by atoms with E-state index in [9.17, 15) is 9.59 Å². The lowest BCUT2D eigenvalue weighted by molar-refractivity contribution is -0.130. The van der Waals surface area contributed by atoms with Gasteiger partial charge in [0.15, 0.2) is 6.61 Å². The molecule has 2 aromatic rings. The Morgan fingerprint density at radius 1 is 1.14 bits per heavy atom. The Labute approximate surface area is 174 Å². The molecule has 150 valence electrons. The molecule has 3 amide bonds. The molecule has 0 aromatic heterocycles. The molecule has 2 aromatic carbocycles. The first-order chi connectivity index (χ1) is 13.2. The number of rotatable bonds is 6. The summed E-state index contributed by atoms with van der Waals surface area (Å²) in [6, 6.07) is 9.68. The highest BCUT2D eigenvalue weighted by molar-refractivity contribution is 6.35. The number of anilines is 1. The number of carbonyl (C=O) groups excluding carboxylic acids is 2. The Morgan fingerprint density at radius 2 is 1.86 bits per heavy atom. The van der Waals surface area contributed by atoms with Crippen LogP contribution in [0.25, 0.3) is 0 Å². The maximum absolute atomic E-state index is 12.4. The third kappa shape index (κ3) is 6.04. The number of amides is 3. The predicted octanol–water partition coefficient (Wildman–Crippen LogP) is 4.65. The van der Waals surface area contributed by atoms with Gasteiger partial charge < -0.3 is 20.3 Å². The van der Waals surface area contributed by atoms with Gasteiger partial charge in [-0.05, 0) is 49.2 Å². The van der Waals surface area contributed by atoms with Crippen LogP contribution in [0.5, 0.6) is 5.75 Å². The highest BCUT2D eigenvalue weighted by Gasteiger charge is 2.15. The van der Waals surface area contributed by atoms with Gasteiger partial charge in [-0.1, -0.05) is 35.3 Å². The number of nitrogens with one attached hydrogen (secondary N) is 2. The molecule has 0 bridgehead atoms. The Kier molecular flexibility index (Phi) is 7.54. The molecule has 8 heteroatoms. The molecule has 2 N–H and O–H groups in total. The number of benzene rings is 2. The SMILES string of the molecule is Cc1ccc(NC(=O)NC(C)c2ccc(Cl)cc2Cl)c(OCC(=O)N(C)C)c1. The fourth-order valence-corrected chi connectivity index (χ4v) is 2.98. The largest absolute Gasteiger partial charge is 0.482 e. The van der Waals surface area contributed by atoms with E-state index >= 15 is 0 Å². The minimum absolute atomic E-state index is 0.121. The fraction of sp³-hybridized carbons (Fsp3) is 0.300. The summed E-state index contributed by atoms with van der Waals surface area (Å²) in [5, 5.41) is 6.58. The monoisotopic (exact) mass is 423 g/mol. The minimum Gasteiger partial charge on any atom is -0.482 e. The summed E-state index contributed by atoms with van der Waals surface area (Å²) < 4.78 is 5.59. The minimum atomic E-state index is -0.425. The Morgan fingerprint density at radius 3 is 2.50 bits per heavy atom. The third-order valence-corrected chi connectivity index (χ3v) is 4.57. The smallest absolute Gasteiger partial charge is 0.319 e. The first kappa shape index (κ1) is 21.9. The fourth-order valence-electron chi connectivity index (χ4n) is 2.41. The number of hydrogen-bond donors (Lipinski definition) is 2. The van der Waals surface area contributed by atoms with Gasteiger partial charge in [0.25, 0.3) is 5.91 Å². The highest BCUT2D eigenvalue weighted by Crippen LogP contribution is 2.28. The standard InChI is InChI=1S/C20H23Cl2N3O3/c1-12-5-8-17(18(9-12)28-11-19(26)25(3)4)24-20(27)23-13(2)15-7-6-14(21)10-16(15)22/h5-10,13H,11H2,1-4H3,(H2,23,24,27). The molecule has 0 heterocycles. The molecule has 1 unspecified atom stereocenters. The summed E-state index contributed by atoms with van der Waals surface area (Å²) in [5.74, 6) is 0.241. The van der Waals surface area contributed by atoms with Crippen molar-refractivity contribution >= 4 is 40.8 Å². The number of ether oxygens (including phenoxy) is 1. The number of aryl methyl sites for hydroxylation is 1. The summed E-state index contributed by atoms with van der Waals surface area (Å²) in [6.07, 6.45) is 0. The maximum Gasteiger partial charge on any atom is 0.319 e. The van der Waals surface area contributed by atoms with Crippen molar-refractivity contribution in [2.45, 2.75) is 19.9 Å². The van der Waals surface area contributed by atoms with Crippen molar-refractivity contribution in [1.29, 1.82) is 0 Å². The van der Waals surface area contributed by atoms with E-state index in [1.165, 1.54) is 4.90 Å². The second-order valence-electron chi connectivity index (χ2n) is 6.56. The molecule has 0 aliphatic carbocycles. The van der Waals surface area contributed by atoms with Gasteiger partial charge in [-0.25, -0.2) is 4.79 Å². The molecule has 0 radical (unpaired) electrons. The lowest BCUT2D eigenvalue weighted by atomic mass is 10.1. The zero-order valence-corrected chi connectivity index (χ0v) is 17.7. The van der Waals surface area contributed by atoms with Crippen LogP contribution < -0.4 is 15.4 Å². The van der Waals surface area contributed by atoms with Crippen molar-refractivity contribution < 1.29 is 14.3 Å². The first-order valence-corrected chi connectivity index (χ1v) is 9.39. The van der Waals surface area contributed by atoms with Crippen LogP contribution in [0, 0.1) is 6.92 Å². The van der Waals surface area contributed by atoms with Gasteiger partial charge in [0, 0.05) is 24.1 Å². The lowest BCUT2D eigenvalue weighted by Gasteiger charge is -2.18. The number of halogens is 2. The molecule has 0 fully saturated rings. The van der Waals surface area contributed by atoms with E-state index in [0.29, 0.717) is 21.5 Å². The molecule has 0 aliphatic heterocycles. The van der Waals surface area contributed by atoms with Crippen molar-refractivity contribution in [2.75, 3.05) is 26.0 Å². The molecule has 6 nitrogen and oxygen atoms in total. The van der Waals surface area contributed by atoms with Crippen molar-refractivity contribution in [2.24, 2.45) is 0 Å². The highest BCUT2D eigenvalue weighted by atomic mass is 35.5. The summed E-state index contributed by atoms with van der Waals surface area (Å²) in [4.78, 5) is 25.6. The lowest BCUT2D eigenvalue weighted by Crippen LogP contribution is -2.31. The second kappa shape index (κ2) is 9.66. The molecular weight excluding hydrogens is 401 g/mol. The normalized spacial score (nSPS) is 11.5. The topological polar surface area (TPSA) is 70.7 Å². The van der Waals surface area contributed by atoms with Crippen LogP contribution >= 0.6 is 23.2 Å². The quantitative estimate of drug-likeness (QED) is 0.709. The molecule has 0 spiro atoms. The van der Waals surface area contributed by atoms with Crippen molar-refractivity contribution in [3.63, 3.8) is 0 Å². The van der Waals surface area contributed by atoms with Crippen LogP contribution in [-0.2, 0) is 4.79 Å². The van der Waals surface area contributed by atoms with Gasteiger partial charge in [-0.2, -0.15) is 0 Å². The van der Waals surface area contributed by atoms with Gasteiger partial charge in [-0.15, -0.1) is 0 Å². The summed E-state index contributed by atoms with van der Waals surface area (Å²) in [6.45, 7) is 3.59. The Balaban J connectivity index is 2.07. The van der Waals surface area contributed by atoms with E-state index in [1.54, 1.807) is 44.4 Å². The van der Waals surface area contributed by atoms with Gasteiger partial charge in [0.2, 0.25) is 0 Å².